The van der Waals surface area contributed by atoms with Gasteiger partial charge in [-0.05, 0) is 65.6 Å². The highest BCUT2D eigenvalue weighted by atomic mass is 16.4. The van der Waals surface area contributed by atoms with Crippen molar-refractivity contribution in [2.45, 2.75) is 148 Å². The summed E-state index contributed by atoms with van der Waals surface area (Å²) in [4.78, 5) is 28.7. The van der Waals surface area contributed by atoms with Gasteiger partial charge in [-0.3, -0.25) is 4.79 Å². The van der Waals surface area contributed by atoms with Crippen LogP contribution in [0.1, 0.15) is 142 Å². The number of amides is 2. The summed E-state index contributed by atoms with van der Waals surface area (Å²) in [5.41, 5.74) is 0. The van der Waals surface area contributed by atoms with Crippen molar-refractivity contribution >= 4 is 12.0 Å². The largest absolute Gasteiger partial charge is 0.481 e. The first-order valence-corrected chi connectivity index (χ1v) is 15.9. The molecule has 1 heterocycles. The third kappa shape index (κ3) is 17.8. The van der Waals surface area contributed by atoms with Gasteiger partial charge in [0.1, 0.15) is 0 Å². The Morgan fingerprint density at radius 1 is 0.838 bits per heavy atom. The van der Waals surface area contributed by atoms with Crippen molar-refractivity contribution in [3.8, 4) is 0 Å². The fraction of sp³-hybridized carbons (Fsp3) is 0.935. The van der Waals surface area contributed by atoms with E-state index in [9.17, 15) is 14.7 Å². The monoisotopic (exact) mass is 523 g/mol. The maximum atomic E-state index is 12.7. The van der Waals surface area contributed by atoms with E-state index in [4.69, 9.17) is 0 Å². The summed E-state index contributed by atoms with van der Waals surface area (Å²) in [6, 6.07) is 0.211. The van der Waals surface area contributed by atoms with Crippen LogP contribution >= 0.6 is 0 Å². The number of urea groups is 1. The minimum absolute atomic E-state index is 0.0299. The molecule has 0 radical (unpaired) electrons. The summed E-state index contributed by atoms with van der Waals surface area (Å²) in [5.74, 6) is -0.936. The lowest BCUT2D eigenvalue weighted by atomic mass is 9.90. The molecule has 0 bridgehead atoms. The number of unbranched alkanes of at least 4 members (excludes halogenated alkanes) is 13. The van der Waals surface area contributed by atoms with Crippen molar-refractivity contribution in [1.29, 1.82) is 0 Å². The maximum Gasteiger partial charge on any atom is 0.317 e. The summed E-state index contributed by atoms with van der Waals surface area (Å²) in [6.07, 6.45) is 24.9. The highest BCUT2D eigenvalue weighted by Gasteiger charge is 2.28. The highest BCUT2D eigenvalue weighted by Crippen LogP contribution is 2.25. The van der Waals surface area contributed by atoms with Crippen LogP contribution < -0.4 is 5.32 Å². The molecule has 6 nitrogen and oxygen atoms in total. The molecule has 0 aliphatic carbocycles. The van der Waals surface area contributed by atoms with Gasteiger partial charge in [-0.15, -0.1) is 0 Å². The molecule has 2 N–H and O–H groups in total. The molecular weight excluding hydrogens is 462 g/mol. The van der Waals surface area contributed by atoms with E-state index >= 15 is 0 Å². The van der Waals surface area contributed by atoms with Crippen LogP contribution in [0.15, 0.2) is 0 Å². The smallest absolute Gasteiger partial charge is 0.317 e. The first-order chi connectivity index (χ1) is 18.0. The normalized spacial score (nSPS) is 16.8. The summed E-state index contributed by atoms with van der Waals surface area (Å²) in [5, 5.41) is 12.8. The minimum Gasteiger partial charge on any atom is -0.481 e. The van der Waals surface area contributed by atoms with Crippen LogP contribution in [0.25, 0.3) is 0 Å². The number of rotatable bonds is 23. The number of nitrogens with zero attached hydrogens (tertiary/aromatic N) is 2. The van der Waals surface area contributed by atoms with Gasteiger partial charge in [0.2, 0.25) is 0 Å². The van der Waals surface area contributed by atoms with Crippen molar-refractivity contribution < 1.29 is 14.7 Å². The zero-order chi connectivity index (χ0) is 27.1. The molecule has 0 aromatic heterocycles. The molecule has 1 aliphatic rings. The van der Waals surface area contributed by atoms with Crippen LogP contribution in [-0.2, 0) is 4.79 Å². The average Bonchev–Trinajstić information content (AvgIpc) is 2.88. The fourth-order valence-corrected chi connectivity index (χ4v) is 5.63. The number of hydrogen-bond acceptors (Lipinski definition) is 3. The van der Waals surface area contributed by atoms with E-state index in [0.29, 0.717) is 13.0 Å². The quantitative estimate of drug-likeness (QED) is 0.134. The van der Waals surface area contributed by atoms with E-state index in [-0.39, 0.29) is 18.0 Å². The number of carboxylic acid groups (broad SMARTS) is 1. The van der Waals surface area contributed by atoms with E-state index in [1.165, 1.54) is 77.0 Å². The molecule has 0 saturated carbocycles. The van der Waals surface area contributed by atoms with Gasteiger partial charge < -0.3 is 20.2 Å². The zero-order valence-electron chi connectivity index (χ0n) is 24.8. The topological polar surface area (TPSA) is 72.9 Å². The Balaban J connectivity index is 2.15. The van der Waals surface area contributed by atoms with Gasteiger partial charge in [-0.1, -0.05) is 96.8 Å². The van der Waals surface area contributed by atoms with E-state index in [1.807, 2.05) is 19.0 Å². The Kier molecular flexibility index (Phi) is 20.7. The van der Waals surface area contributed by atoms with Crippen molar-refractivity contribution in [2.24, 2.45) is 5.92 Å². The molecular formula is C31H61N3O3. The predicted octanol–water partition coefficient (Wildman–Crippen LogP) is 7.85. The lowest BCUT2D eigenvalue weighted by molar-refractivity contribution is -0.142. The van der Waals surface area contributed by atoms with Gasteiger partial charge >= 0.3 is 12.0 Å². The molecule has 218 valence electrons. The molecule has 1 rings (SSSR count). The number of likely N-dealkylation sites (tertiary alicyclic amines) is 1. The second-order valence-electron chi connectivity index (χ2n) is 11.7. The number of nitrogens with one attached hydrogen (secondary N) is 1. The van der Waals surface area contributed by atoms with Gasteiger partial charge in [0, 0.05) is 19.1 Å². The van der Waals surface area contributed by atoms with E-state index in [2.05, 4.69) is 17.1 Å². The zero-order valence-corrected chi connectivity index (χ0v) is 24.8. The molecule has 37 heavy (non-hydrogen) atoms. The molecule has 1 fully saturated rings. The molecule has 2 amide bonds. The summed E-state index contributed by atoms with van der Waals surface area (Å²) < 4.78 is 0. The SMILES string of the molecule is CCCCCCCCCCCCCCCCC(CCC1CCCCN1C(=O)NCCCN(C)C)C(=O)O. The summed E-state index contributed by atoms with van der Waals surface area (Å²) >= 11 is 0. The van der Waals surface area contributed by atoms with Crippen molar-refractivity contribution in [3.05, 3.63) is 0 Å². The Bertz CT molecular complexity index is 570. The van der Waals surface area contributed by atoms with Gasteiger partial charge in [-0.2, -0.15) is 0 Å². The molecule has 6 heteroatoms. The van der Waals surface area contributed by atoms with Crippen molar-refractivity contribution in [2.75, 3.05) is 33.7 Å². The van der Waals surface area contributed by atoms with Crippen molar-refractivity contribution in [1.82, 2.24) is 15.1 Å². The van der Waals surface area contributed by atoms with Crippen LogP contribution in [0.2, 0.25) is 0 Å². The Morgan fingerprint density at radius 2 is 1.41 bits per heavy atom. The standard InChI is InChI=1S/C31H61N3O3/c1-4-5-6-7-8-9-10-11-12-13-14-15-16-17-21-28(30(35)36)23-24-29-22-18-19-27-34(29)31(37)32-25-20-26-33(2)3/h28-29H,4-27H2,1-3H3,(H,32,37)(H,35,36). The van der Waals surface area contributed by atoms with Crippen LogP contribution in [0.3, 0.4) is 0 Å². The number of carbonyl (C=O) groups is 2. The lowest BCUT2D eigenvalue weighted by Crippen LogP contribution is -2.49. The molecule has 0 spiro atoms. The molecule has 0 aromatic rings. The van der Waals surface area contributed by atoms with Crippen LogP contribution in [0.5, 0.6) is 0 Å². The van der Waals surface area contributed by atoms with Gasteiger partial charge in [-0.25, -0.2) is 4.79 Å². The predicted molar refractivity (Wildman–Crippen MR) is 156 cm³/mol. The van der Waals surface area contributed by atoms with E-state index in [1.54, 1.807) is 0 Å². The number of hydrogen-bond donors (Lipinski definition) is 2. The second-order valence-corrected chi connectivity index (χ2v) is 11.7. The summed E-state index contributed by atoms with van der Waals surface area (Å²) in [6.45, 7) is 4.72. The van der Waals surface area contributed by atoms with Gasteiger partial charge in [0.05, 0.1) is 5.92 Å². The molecule has 2 unspecified atom stereocenters. The Hall–Kier alpha value is -1.30. The third-order valence-electron chi connectivity index (χ3n) is 8.05. The van der Waals surface area contributed by atoms with Gasteiger partial charge in [0.25, 0.3) is 0 Å². The fourth-order valence-electron chi connectivity index (χ4n) is 5.63. The third-order valence-corrected chi connectivity index (χ3v) is 8.05. The van der Waals surface area contributed by atoms with Crippen LogP contribution in [-0.4, -0.2) is 66.7 Å². The average molecular weight is 524 g/mol. The Labute approximate surface area is 229 Å². The molecule has 1 saturated heterocycles. The Morgan fingerprint density at radius 3 is 1.95 bits per heavy atom. The molecule has 2 atom stereocenters. The first kappa shape index (κ1) is 33.7. The number of piperidine rings is 1. The van der Waals surface area contributed by atoms with Crippen LogP contribution in [0.4, 0.5) is 4.79 Å². The van der Waals surface area contributed by atoms with E-state index < -0.39 is 5.97 Å². The van der Waals surface area contributed by atoms with Crippen LogP contribution in [0, 0.1) is 5.92 Å². The number of aliphatic carboxylic acids is 1. The maximum absolute atomic E-state index is 12.7. The minimum atomic E-state index is -0.662. The van der Waals surface area contributed by atoms with Gasteiger partial charge in [0.15, 0.2) is 0 Å². The summed E-state index contributed by atoms with van der Waals surface area (Å²) in [7, 11) is 4.08. The molecule has 0 aromatic carbocycles. The number of carbonyl (C=O) groups excluding carboxylic acids is 1. The van der Waals surface area contributed by atoms with Crippen molar-refractivity contribution in [3.63, 3.8) is 0 Å². The number of carboxylic acids is 1. The first-order valence-electron chi connectivity index (χ1n) is 15.9. The van der Waals surface area contributed by atoms with E-state index in [0.717, 1.165) is 64.5 Å². The second kappa shape index (κ2) is 22.7. The highest BCUT2D eigenvalue weighted by molar-refractivity contribution is 5.74. The molecule has 1 aliphatic heterocycles. The lowest BCUT2D eigenvalue weighted by Gasteiger charge is -2.36.